The van der Waals surface area contributed by atoms with E-state index in [1.165, 1.54) is 16.0 Å². The fourth-order valence-corrected chi connectivity index (χ4v) is 6.40. The summed E-state index contributed by atoms with van der Waals surface area (Å²) < 4.78 is 5.65. The van der Waals surface area contributed by atoms with Gasteiger partial charge in [-0.3, -0.25) is 14.5 Å². The van der Waals surface area contributed by atoms with Crippen molar-refractivity contribution in [1.29, 1.82) is 0 Å². The first-order valence-electron chi connectivity index (χ1n) is 13.1. The van der Waals surface area contributed by atoms with Gasteiger partial charge in [-0.1, -0.05) is 60.7 Å². The molecule has 0 unspecified atom stereocenters. The lowest BCUT2D eigenvalue weighted by molar-refractivity contribution is -0.146. The predicted molar refractivity (Wildman–Crippen MR) is 146 cm³/mol. The van der Waals surface area contributed by atoms with E-state index in [0.717, 1.165) is 25.1 Å². The number of rotatable bonds is 8. The van der Waals surface area contributed by atoms with Gasteiger partial charge >= 0.3 is 0 Å². The van der Waals surface area contributed by atoms with Crippen molar-refractivity contribution in [1.82, 2.24) is 14.7 Å². The third-order valence-electron chi connectivity index (χ3n) is 7.43. The van der Waals surface area contributed by atoms with Gasteiger partial charge in [-0.05, 0) is 41.5 Å². The molecule has 0 radical (unpaired) electrons. The molecule has 0 N–H and O–H groups in total. The minimum absolute atomic E-state index is 0.0129. The van der Waals surface area contributed by atoms with Crippen LogP contribution < -0.4 is 0 Å². The molecule has 2 aromatic carbocycles. The summed E-state index contributed by atoms with van der Waals surface area (Å²) in [6.07, 6.45) is 1.53. The summed E-state index contributed by atoms with van der Waals surface area (Å²) in [7, 11) is 0. The summed E-state index contributed by atoms with van der Waals surface area (Å²) in [5.74, 6) is 0.156. The Morgan fingerprint density at radius 2 is 1.70 bits per heavy atom. The molecule has 2 aliphatic heterocycles. The van der Waals surface area contributed by atoms with Crippen LogP contribution in [0, 0.1) is 0 Å². The average molecular weight is 518 g/mol. The second kappa shape index (κ2) is 12.0. The van der Waals surface area contributed by atoms with E-state index in [4.69, 9.17) is 4.74 Å². The van der Waals surface area contributed by atoms with E-state index < -0.39 is 0 Å². The lowest BCUT2D eigenvalue weighted by Crippen LogP contribution is -2.56. The van der Waals surface area contributed by atoms with Crippen molar-refractivity contribution < 1.29 is 14.3 Å². The molecule has 0 saturated carbocycles. The zero-order valence-corrected chi connectivity index (χ0v) is 22.2. The summed E-state index contributed by atoms with van der Waals surface area (Å²) in [5, 5.41) is 2.18. The molecular weight excluding hydrogens is 482 g/mol. The maximum atomic E-state index is 13.2. The molecule has 1 saturated heterocycles. The van der Waals surface area contributed by atoms with E-state index >= 15 is 0 Å². The van der Waals surface area contributed by atoms with Gasteiger partial charge in [0.1, 0.15) is 6.61 Å². The maximum absolute atomic E-state index is 13.2. The normalized spacial score (nSPS) is 20.0. The molecule has 3 aromatic rings. The largest absolute Gasteiger partial charge is 0.367 e. The van der Waals surface area contributed by atoms with Crippen molar-refractivity contribution in [3.8, 4) is 0 Å². The minimum Gasteiger partial charge on any atom is -0.367 e. The lowest BCUT2D eigenvalue weighted by atomic mass is 9.93. The molecule has 3 heterocycles. The quantitative estimate of drug-likeness (QED) is 0.446. The second-order valence-electron chi connectivity index (χ2n) is 9.90. The van der Waals surface area contributed by atoms with Crippen molar-refractivity contribution in [3.63, 3.8) is 0 Å². The standard InChI is InChI=1S/C30H35N3O3S/c1-23-20-32(17-18-33(23)29(35)22-36-21-24-8-4-2-5-9-24)28(34)13-16-31-15-12-27-26(14-19-37-27)30(31)25-10-6-3-7-11-25/h2-11,14,19,23,30H,12-13,15-18,20-22H2,1H3/t23-,30-/m1/s1. The van der Waals surface area contributed by atoms with Crippen LogP contribution in [0.15, 0.2) is 72.1 Å². The van der Waals surface area contributed by atoms with Crippen LogP contribution in [0.25, 0.3) is 0 Å². The van der Waals surface area contributed by atoms with Gasteiger partial charge < -0.3 is 14.5 Å². The van der Waals surface area contributed by atoms with Gasteiger partial charge in [-0.15, -0.1) is 11.3 Å². The number of hydrogen-bond donors (Lipinski definition) is 0. The number of ether oxygens (including phenoxy) is 1. The number of nitrogens with zero attached hydrogens (tertiary/aromatic N) is 3. The molecule has 2 atom stereocenters. The van der Waals surface area contributed by atoms with Gasteiger partial charge in [-0.2, -0.15) is 0 Å². The van der Waals surface area contributed by atoms with E-state index in [1.54, 1.807) is 0 Å². The monoisotopic (exact) mass is 517 g/mol. The molecule has 7 heteroatoms. The molecule has 194 valence electrons. The molecule has 0 bridgehead atoms. The third kappa shape index (κ3) is 6.12. The summed E-state index contributed by atoms with van der Waals surface area (Å²) in [6.45, 7) is 5.89. The lowest BCUT2D eigenvalue weighted by Gasteiger charge is -2.40. The van der Waals surface area contributed by atoms with Crippen molar-refractivity contribution in [3.05, 3.63) is 93.7 Å². The highest BCUT2D eigenvalue weighted by Crippen LogP contribution is 2.37. The van der Waals surface area contributed by atoms with E-state index in [2.05, 4.69) is 46.7 Å². The molecule has 1 aromatic heterocycles. The minimum atomic E-state index is -0.0223. The van der Waals surface area contributed by atoms with Gasteiger partial charge in [-0.25, -0.2) is 0 Å². The number of amides is 2. The van der Waals surface area contributed by atoms with E-state index in [-0.39, 0.29) is 30.5 Å². The summed E-state index contributed by atoms with van der Waals surface area (Å²) >= 11 is 1.84. The van der Waals surface area contributed by atoms with E-state index in [1.807, 2.05) is 58.4 Å². The van der Waals surface area contributed by atoms with Crippen LogP contribution in [-0.4, -0.2) is 71.9 Å². The fourth-order valence-electron chi connectivity index (χ4n) is 5.50. The van der Waals surface area contributed by atoms with E-state index in [9.17, 15) is 9.59 Å². The molecule has 1 fully saturated rings. The van der Waals surface area contributed by atoms with Gasteiger partial charge in [0.15, 0.2) is 0 Å². The predicted octanol–water partition coefficient (Wildman–Crippen LogP) is 4.36. The zero-order valence-electron chi connectivity index (χ0n) is 21.4. The van der Waals surface area contributed by atoms with Crippen molar-refractivity contribution >= 4 is 23.2 Å². The number of benzene rings is 2. The molecule has 0 spiro atoms. The van der Waals surface area contributed by atoms with Crippen LogP contribution in [0.3, 0.4) is 0 Å². The Labute approximate surface area is 223 Å². The number of carbonyl (C=O) groups excluding carboxylic acids is 2. The van der Waals surface area contributed by atoms with Crippen LogP contribution in [0.1, 0.15) is 41.0 Å². The molecule has 37 heavy (non-hydrogen) atoms. The van der Waals surface area contributed by atoms with Crippen LogP contribution in [0.4, 0.5) is 0 Å². The van der Waals surface area contributed by atoms with Gasteiger partial charge in [0.05, 0.1) is 12.6 Å². The summed E-state index contributed by atoms with van der Waals surface area (Å²) in [5.41, 5.74) is 3.71. The van der Waals surface area contributed by atoms with Crippen molar-refractivity contribution in [2.75, 3.05) is 39.3 Å². The Morgan fingerprint density at radius 1 is 0.946 bits per heavy atom. The summed E-state index contributed by atoms with van der Waals surface area (Å²) in [4.78, 5) is 33.6. The Hall–Kier alpha value is -3.00. The second-order valence-corrected chi connectivity index (χ2v) is 10.9. The third-order valence-corrected chi connectivity index (χ3v) is 8.43. The number of hydrogen-bond acceptors (Lipinski definition) is 5. The van der Waals surface area contributed by atoms with Crippen LogP contribution in [0.2, 0.25) is 0 Å². The first kappa shape index (κ1) is 25.6. The van der Waals surface area contributed by atoms with Crippen molar-refractivity contribution in [2.24, 2.45) is 0 Å². The molecule has 5 rings (SSSR count). The number of thiophene rings is 1. The maximum Gasteiger partial charge on any atom is 0.248 e. The Morgan fingerprint density at radius 3 is 2.46 bits per heavy atom. The highest BCUT2D eigenvalue weighted by molar-refractivity contribution is 7.10. The Kier molecular flexibility index (Phi) is 8.34. The Balaban J connectivity index is 1.12. The van der Waals surface area contributed by atoms with Crippen LogP contribution >= 0.6 is 11.3 Å². The number of fused-ring (bicyclic) bond motifs is 1. The molecule has 0 aliphatic carbocycles. The average Bonchev–Trinajstić information content (AvgIpc) is 3.41. The van der Waals surface area contributed by atoms with Crippen LogP contribution in [-0.2, 0) is 27.4 Å². The number of piperazine rings is 1. The highest BCUT2D eigenvalue weighted by atomic mass is 32.1. The van der Waals surface area contributed by atoms with Gasteiger partial charge in [0.25, 0.3) is 0 Å². The van der Waals surface area contributed by atoms with E-state index in [0.29, 0.717) is 32.7 Å². The van der Waals surface area contributed by atoms with Gasteiger partial charge in [0, 0.05) is 50.1 Å². The summed E-state index contributed by atoms with van der Waals surface area (Å²) in [6, 6.07) is 22.9. The highest BCUT2D eigenvalue weighted by Gasteiger charge is 2.32. The topological polar surface area (TPSA) is 53.1 Å². The zero-order chi connectivity index (χ0) is 25.6. The smallest absolute Gasteiger partial charge is 0.248 e. The van der Waals surface area contributed by atoms with Crippen LogP contribution in [0.5, 0.6) is 0 Å². The van der Waals surface area contributed by atoms with Crippen molar-refractivity contribution in [2.45, 2.75) is 38.5 Å². The number of carbonyl (C=O) groups is 2. The molecular formula is C30H35N3O3S. The molecule has 6 nitrogen and oxygen atoms in total. The molecule has 2 aliphatic rings. The SMILES string of the molecule is C[C@@H]1CN(C(=O)CCN2CCc3sccc3[C@H]2c2ccccc2)CCN1C(=O)COCc1ccccc1. The fraction of sp³-hybridized carbons (Fsp3) is 0.400. The Bertz CT molecular complexity index is 1180. The van der Waals surface area contributed by atoms with Gasteiger partial charge in [0.2, 0.25) is 11.8 Å². The first-order chi connectivity index (χ1) is 18.1. The molecule has 2 amide bonds. The first-order valence-corrected chi connectivity index (χ1v) is 14.0.